The van der Waals surface area contributed by atoms with E-state index in [1.165, 1.54) is 0 Å². The molecule has 1 rings (SSSR count). The molecule has 0 unspecified atom stereocenters. The molecular formula is C94H176N2O35. The molecule has 0 radical (unpaired) electrons. The fourth-order valence-electron chi connectivity index (χ4n) is 12.3. The first-order valence-corrected chi connectivity index (χ1v) is 49.3. The van der Waals surface area contributed by atoms with Crippen molar-refractivity contribution in [2.75, 3.05) is 343 Å². The lowest BCUT2D eigenvalue weighted by Gasteiger charge is -2.31. The molecule has 0 atom stereocenters. The van der Waals surface area contributed by atoms with Crippen molar-refractivity contribution in [3.63, 3.8) is 0 Å². The number of carbonyl (C=O) groups excluding carboxylic acids is 7. The van der Waals surface area contributed by atoms with Crippen LogP contribution in [0, 0.1) is 5.41 Å². The molecular weight excluding hydrogens is 1720 g/mol. The van der Waals surface area contributed by atoms with Gasteiger partial charge in [-0.1, -0.05) is 143 Å². The maximum absolute atomic E-state index is 14.3. The van der Waals surface area contributed by atoms with Crippen LogP contribution in [0.25, 0.3) is 0 Å². The van der Waals surface area contributed by atoms with Gasteiger partial charge in [0.15, 0.2) is 0 Å². The average molecular weight is 1890 g/mol. The van der Waals surface area contributed by atoms with E-state index in [9.17, 15) is 33.6 Å². The van der Waals surface area contributed by atoms with E-state index in [1.807, 2.05) is 0 Å². The summed E-state index contributed by atoms with van der Waals surface area (Å²) in [5.41, 5.74) is -1.26. The standard InChI is InChI=1S/C94H176N2O35/c1-4-7-36-128-89(99)28-24-20-16-12-10-14-18-22-26-33-94(93(103)130-38-9-6-3,34-27-23-19-15-11-13-17-21-25-29-90(100)129-37-8-5-2)92(102)95-35-40-105-42-44-107-46-48-109-50-52-111-54-56-113-58-60-115-62-64-117-66-68-119-70-72-121-74-76-123-78-80-125-82-84-127-86-85-126-83-81-124-79-77-122-75-73-120-71-69-118-67-65-116-63-61-114-59-57-112-55-53-110-51-49-108-47-45-106-43-41-104-39-32-91(101)131-96-87(97)30-31-88(96)98/h4-86H2,1-3H3,(H,95,102). The lowest BCUT2D eigenvalue weighted by Crippen LogP contribution is -2.48. The summed E-state index contributed by atoms with van der Waals surface area (Å²) in [6.45, 7) is 28.4. The Morgan fingerprint density at radius 3 is 0.656 bits per heavy atom. The quantitative estimate of drug-likeness (QED) is 0.0194. The molecule has 1 aliphatic rings. The van der Waals surface area contributed by atoms with Gasteiger partial charge in [-0.2, -0.15) is 0 Å². The number of nitrogens with one attached hydrogen (secondary N) is 1. The molecule has 1 aliphatic heterocycles. The number of hydrogen-bond donors (Lipinski definition) is 1. The van der Waals surface area contributed by atoms with Crippen LogP contribution in [0.15, 0.2) is 0 Å². The molecule has 1 heterocycles. The van der Waals surface area contributed by atoms with Gasteiger partial charge in [0, 0.05) is 32.2 Å². The average Bonchev–Trinajstić information content (AvgIpc) is 1.15. The molecule has 131 heavy (non-hydrogen) atoms. The minimum atomic E-state index is -1.26. The Balaban J connectivity index is 1.87. The van der Waals surface area contributed by atoms with Crippen LogP contribution in [-0.2, 0) is 166 Å². The second-order valence-electron chi connectivity index (χ2n) is 30.8. The number of esters is 3. The zero-order valence-electron chi connectivity index (χ0n) is 80.9. The molecule has 1 saturated heterocycles. The summed E-state index contributed by atoms with van der Waals surface area (Å²) in [5, 5.41) is 3.58. The van der Waals surface area contributed by atoms with Gasteiger partial charge in [0.1, 0.15) is 5.41 Å². The topological polar surface area (TPSA) is 393 Å². The van der Waals surface area contributed by atoms with Crippen molar-refractivity contribution < 1.29 is 166 Å². The summed E-state index contributed by atoms with van der Waals surface area (Å²) >= 11 is 0. The minimum Gasteiger partial charge on any atom is -0.466 e. The third kappa shape index (κ3) is 88.0. The second kappa shape index (κ2) is 103. The minimum absolute atomic E-state index is 0.0487. The van der Waals surface area contributed by atoms with E-state index >= 15 is 0 Å². The number of amides is 3. The Morgan fingerprint density at radius 2 is 0.427 bits per heavy atom. The Bertz CT molecular complexity index is 2430. The van der Waals surface area contributed by atoms with Crippen LogP contribution in [0.4, 0.5) is 0 Å². The van der Waals surface area contributed by atoms with Crippen LogP contribution in [0.3, 0.4) is 0 Å². The van der Waals surface area contributed by atoms with Crippen molar-refractivity contribution in [1.82, 2.24) is 10.4 Å². The third-order valence-corrected chi connectivity index (χ3v) is 19.8. The number of carbonyl (C=O) groups is 7. The fourth-order valence-corrected chi connectivity index (χ4v) is 12.3. The van der Waals surface area contributed by atoms with Gasteiger partial charge in [0.05, 0.1) is 343 Å². The van der Waals surface area contributed by atoms with Gasteiger partial charge in [-0.25, -0.2) is 4.79 Å². The number of unbranched alkanes of at least 4 members (excludes halogenated alkanes) is 19. The smallest absolute Gasteiger partial charge is 0.335 e. The molecule has 0 aliphatic carbocycles. The van der Waals surface area contributed by atoms with Crippen LogP contribution in [0.1, 0.15) is 220 Å². The highest BCUT2D eigenvalue weighted by Crippen LogP contribution is 2.35. The van der Waals surface area contributed by atoms with E-state index in [1.54, 1.807) is 0 Å². The number of rotatable bonds is 111. The molecule has 1 fully saturated rings. The largest absolute Gasteiger partial charge is 0.466 e. The lowest BCUT2D eigenvalue weighted by molar-refractivity contribution is -0.198. The SMILES string of the molecule is CCCCOC(=O)CCCCCCCCCCCC(CCCCCCCCCCCC(=O)OCCCC)(C(=O)NCCOCCOCCOCCOCCOCCOCCOCCOCCOCCOCCOCCOCCOCCOCCOCCOCCOCCOCCOCCOCCOCCOCCOCCOCCC(=O)ON1C(=O)CCC1=O)C(=O)OCCCC. The number of hydrogen-bond acceptors (Lipinski definition) is 35. The Kier molecular flexibility index (Phi) is 97.8. The third-order valence-electron chi connectivity index (χ3n) is 19.8. The van der Waals surface area contributed by atoms with Crippen LogP contribution < -0.4 is 5.32 Å². The van der Waals surface area contributed by atoms with Crippen molar-refractivity contribution in [3.05, 3.63) is 0 Å². The van der Waals surface area contributed by atoms with Gasteiger partial charge in [-0.05, 0) is 44.9 Å². The first-order valence-electron chi connectivity index (χ1n) is 49.3. The lowest BCUT2D eigenvalue weighted by atomic mass is 9.76. The predicted molar refractivity (Wildman–Crippen MR) is 486 cm³/mol. The molecule has 0 aromatic heterocycles. The van der Waals surface area contributed by atoms with Crippen LogP contribution in [-0.4, -0.2) is 390 Å². The molecule has 0 aromatic carbocycles. The van der Waals surface area contributed by atoms with E-state index in [-0.39, 0.29) is 63.5 Å². The van der Waals surface area contributed by atoms with Crippen LogP contribution in [0.5, 0.6) is 0 Å². The highest BCUT2D eigenvalue weighted by molar-refractivity contribution is 6.03. The summed E-state index contributed by atoms with van der Waals surface area (Å²) in [6.07, 6.45) is 25.5. The number of ether oxygens (including phenoxy) is 27. The van der Waals surface area contributed by atoms with Gasteiger partial charge in [-0.3, -0.25) is 28.8 Å². The van der Waals surface area contributed by atoms with Crippen molar-refractivity contribution in [2.24, 2.45) is 5.41 Å². The van der Waals surface area contributed by atoms with Crippen molar-refractivity contribution in [1.29, 1.82) is 0 Å². The fraction of sp³-hybridized carbons (Fsp3) is 0.926. The number of nitrogens with zero attached hydrogens (tertiary/aromatic N) is 1. The Hall–Kier alpha value is -4.47. The molecule has 1 N–H and O–H groups in total. The summed E-state index contributed by atoms with van der Waals surface area (Å²) in [4.78, 5) is 91.7. The van der Waals surface area contributed by atoms with Gasteiger partial charge < -0.3 is 138 Å². The van der Waals surface area contributed by atoms with Crippen LogP contribution in [0.2, 0.25) is 0 Å². The number of hydroxylamine groups is 2. The molecule has 772 valence electrons. The van der Waals surface area contributed by atoms with Crippen molar-refractivity contribution >= 4 is 41.6 Å². The summed E-state index contributed by atoms with van der Waals surface area (Å²) in [6, 6.07) is 0. The van der Waals surface area contributed by atoms with Gasteiger partial charge in [-0.15, -0.1) is 5.06 Å². The predicted octanol–water partition coefficient (Wildman–Crippen LogP) is 10.1. The van der Waals surface area contributed by atoms with Gasteiger partial charge in [0.25, 0.3) is 11.8 Å². The highest BCUT2D eigenvalue weighted by atomic mass is 16.7. The first-order chi connectivity index (χ1) is 64.6. The molecule has 0 aromatic rings. The van der Waals surface area contributed by atoms with Gasteiger partial charge >= 0.3 is 23.9 Å². The van der Waals surface area contributed by atoms with Crippen LogP contribution >= 0.6 is 0 Å². The molecule has 37 heteroatoms. The normalized spacial score (nSPS) is 12.3. The first kappa shape index (κ1) is 125. The molecule has 0 spiro atoms. The highest BCUT2D eigenvalue weighted by Gasteiger charge is 2.46. The molecule has 37 nitrogen and oxygen atoms in total. The van der Waals surface area contributed by atoms with E-state index in [2.05, 4.69) is 26.1 Å². The van der Waals surface area contributed by atoms with Crippen molar-refractivity contribution in [3.8, 4) is 0 Å². The number of imide groups is 1. The monoisotopic (exact) mass is 1890 g/mol. The molecule has 0 saturated carbocycles. The summed E-state index contributed by atoms with van der Waals surface area (Å²) in [5.74, 6) is -2.62. The second-order valence-corrected chi connectivity index (χ2v) is 30.8. The zero-order valence-corrected chi connectivity index (χ0v) is 80.9. The van der Waals surface area contributed by atoms with E-state index < -0.39 is 29.2 Å². The summed E-state index contributed by atoms with van der Waals surface area (Å²) in [7, 11) is 0. The molecule has 0 bridgehead atoms. The Morgan fingerprint density at radius 1 is 0.229 bits per heavy atom. The van der Waals surface area contributed by atoms with Gasteiger partial charge in [0.2, 0.25) is 5.91 Å². The van der Waals surface area contributed by atoms with E-state index in [0.29, 0.717) is 348 Å². The Labute approximate surface area is 783 Å². The van der Waals surface area contributed by atoms with Crippen molar-refractivity contribution in [2.45, 2.75) is 220 Å². The maximum atomic E-state index is 14.3. The zero-order chi connectivity index (χ0) is 94.3. The summed E-state index contributed by atoms with van der Waals surface area (Å²) < 4.78 is 150. The van der Waals surface area contributed by atoms with E-state index in [4.69, 9.17) is 133 Å². The molecule has 3 amide bonds. The van der Waals surface area contributed by atoms with E-state index in [0.717, 1.165) is 154 Å². The maximum Gasteiger partial charge on any atom is 0.335 e.